The van der Waals surface area contributed by atoms with Crippen LogP contribution in [0.25, 0.3) is 0 Å². The van der Waals surface area contributed by atoms with Crippen LogP contribution in [0.4, 0.5) is 17.1 Å². The van der Waals surface area contributed by atoms with Crippen molar-refractivity contribution in [1.29, 1.82) is 0 Å². The molecule has 1 heterocycles. The first-order chi connectivity index (χ1) is 14.0. The molecule has 3 rings (SSSR count). The lowest BCUT2D eigenvalue weighted by Gasteiger charge is -2.09. The van der Waals surface area contributed by atoms with Crippen LogP contribution < -0.4 is 10.2 Å². The Morgan fingerprint density at radius 1 is 1.14 bits per heavy atom. The zero-order valence-electron chi connectivity index (χ0n) is 15.3. The van der Waals surface area contributed by atoms with E-state index in [9.17, 15) is 20.2 Å². The molecule has 0 radical (unpaired) electrons. The number of aromatic nitrogens is 2. The Labute approximate surface area is 164 Å². The molecule has 0 fully saturated rings. The summed E-state index contributed by atoms with van der Waals surface area (Å²) >= 11 is 0. The number of methoxy groups -OCH3 is 1. The number of hydrogen-bond acceptors (Lipinski definition) is 8. The normalized spacial score (nSPS) is 10.8. The average molecular weight is 396 g/mol. The zero-order chi connectivity index (χ0) is 20.8. The van der Waals surface area contributed by atoms with Crippen LogP contribution in [0.15, 0.2) is 60.0 Å². The van der Waals surface area contributed by atoms with Gasteiger partial charge in [-0.2, -0.15) is 10.2 Å². The van der Waals surface area contributed by atoms with Crippen molar-refractivity contribution in [3.05, 3.63) is 86.2 Å². The van der Waals surface area contributed by atoms with Crippen LogP contribution in [0.2, 0.25) is 0 Å². The highest BCUT2D eigenvalue weighted by atomic mass is 16.6. The molecule has 148 valence electrons. The van der Waals surface area contributed by atoms with Crippen LogP contribution in [-0.4, -0.2) is 33.0 Å². The minimum absolute atomic E-state index is 0.00168. The van der Waals surface area contributed by atoms with Gasteiger partial charge in [-0.1, -0.05) is 0 Å². The van der Waals surface area contributed by atoms with E-state index in [1.807, 2.05) is 6.07 Å². The van der Waals surface area contributed by atoms with E-state index in [0.29, 0.717) is 11.4 Å². The molecular formula is C18H16N6O5. The van der Waals surface area contributed by atoms with Crippen molar-refractivity contribution in [3.8, 4) is 5.75 Å². The van der Waals surface area contributed by atoms with E-state index in [4.69, 9.17) is 4.74 Å². The van der Waals surface area contributed by atoms with Gasteiger partial charge in [0.15, 0.2) is 0 Å². The molecule has 0 saturated carbocycles. The predicted molar refractivity (Wildman–Crippen MR) is 105 cm³/mol. The van der Waals surface area contributed by atoms with Crippen LogP contribution in [0.5, 0.6) is 5.75 Å². The molecule has 0 saturated heterocycles. The largest absolute Gasteiger partial charge is 0.496 e. The summed E-state index contributed by atoms with van der Waals surface area (Å²) in [5, 5.41) is 29.6. The number of anilines is 1. The molecule has 29 heavy (non-hydrogen) atoms. The maximum atomic E-state index is 10.8. The highest BCUT2D eigenvalue weighted by Crippen LogP contribution is 2.21. The standard InChI is InChI=1S/C18H16N6O5/c1-29-18-7-2-13(8-14(18)11-22-12-17(10-20-22)24(27)28)9-19-21-15-3-5-16(6-4-15)23(25)26/h2-10,12,21H,11H2,1H3/b19-9+. The van der Waals surface area contributed by atoms with E-state index in [-0.39, 0.29) is 17.9 Å². The third-order valence-electron chi connectivity index (χ3n) is 3.95. The molecule has 3 aromatic rings. The molecule has 11 heteroatoms. The first-order valence-electron chi connectivity index (χ1n) is 8.33. The summed E-state index contributed by atoms with van der Waals surface area (Å²) in [4.78, 5) is 20.5. The predicted octanol–water partition coefficient (Wildman–Crippen LogP) is 3.20. The molecule has 0 bridgehead atoms. The fourth-order valence-electron chi connectivity index (χ4n) is 2.55. The van der Waals surface area contributed by atoms with Gasteiger partial charge in [0.05, 0.1) is 35.4 Å². The van der Waals surface area contributed by atoms with Gasteiger partial charge in [0.25, 0.3) is 5.69 Å². The number of hydrogen-bond donors (Lipinski definition) is 1. The topological polar surface area (TPSA) is 138 Å². The molecule has 0 unspecified atom stereocenters. The van der Waals surface area contributed by atoms with Gasteiger partial charge in [-0.3, -0.25) is 30.3 Å². The van der Waals surface area contributed by atoms with Crippen molar-refractivity contribution in [1.82, 2.24) is 9.78 Å². The second-order valence-electron chi connectivity index (χ2n) is 5.90. The van der Waals surface area contributed by atoms with Gasteiger partial charge >= 0.3 is 5.69 Å². The molecule has 0 aliphatic carbocycles. The van der Waals surface area contributed by atoms with E-state index in [1.54, 1.807) is 30.5 Å². The fourth-order valence-corrected chi connectivity index (χ4v) is 2.55. The van der Waals surface area contributed by atoms with Crippen LogP contribution >= 0.6 is 0 Å². The smallest absolute Gasteiger partial charge is 0.307 e. The van der Waals surface area contributed by atoms with Gasteiger partial charge in [-0.15, -0.1) is 0 Å². The minimum Gasteiger partial charge on any atom is -0.496 e. The van der Waals surface area contributed by atoms with Crippen molar-refractivity contribution < 1.29 is 14.6 Å². The van der Waals surface area contributed by atoms with E-state index < -0.39 is 9.85 Å². The lowest BCUT2D eigenvalue weighted by Crippen LogP contribution is -2.03. The Hall–Kier alpha value is -4.28. The molecule has 2 aromatic carbocycles. The van der Waals surface area contributed by atoms with Gasteiger partial charge in [-0.25, -0.2) is 0 Å². The Morgan fingerprint density at radius 3 is 2.48 bits per heavy atom. The van der Waals surface area contributed by atoms with E-state index >= 15 is 0 Å². The minimum atomic E-state index is -0.506. The average Bonchev–Trinajstić information content (AvgIpc) is 3.17. The highest BCUT2D eigenvalue weighted by Gasteiger charge is 2.11. The summed E-state index contributed by atoms with van der Waals surface area (Å²) in [6, 6.07) is 11.3. The molecule has 0 aliphatic rings. The van der Waals surface area contributed by atoms with Crippen LogP contribution in [0.1, 0.15) is 11.1 Å². The number of ether oxygens (including phenoxy) is 1. The van der Waals surface area contributed by atoms with Crippen molar-refractivity contribution >= 4 is 23.3 Å². The second-order valence-corrected chi connectivity index (χ2v) is 5.90. The number of benzene rings is 2. The summed E-state index contributed by atoms with van der Waals surface area (Å²) in [7, 11) is 1.54. The third kappa shape index (κ3) is 4.91. The number of nitro groups is 2. The van der Waals surface area contributed by atoms with Crippen molar-refractivity contribution in [2.75, 3.05) is 12.5 Å². The number of nitrogens with zero attached hydrogens (tertiary/aromatic N) is 5. The summed E-state index contributed by atoms with van der Waals surface area (Å²) in [5.74, 6) is 0.614. The van der Waals surface area contributed by atoms with Crippen LogP contribution in [0, 0.1) is 20.2 Å². The zero-order valence-corrected chi connectivity index (χ0v) is 15.3. The van der Waals surface area contributed by atoms with Gasteiger partial charge < -0.3 is 4.74 Å². The van der Waals surface area contributed by atoms with Gasteiger partial charge in [-0.05, 0) is 35.9 Å². The van der Waals surface area contributed by atoms with Crippen LogP contribution in [0.3, 0.4) is 0 Å². The Bertz CT molecular complexity index is 1060. The monoisotopic (exact) mass is 396 g/mol. The van der Waals surface area contributed by atoms with Crippen molar-refractivity contribution in [3.63, 3.8) is 0 Å². The van der Waals surface area contributed by atoms with E-state index in [2.05, 4.69) is 15.6 Å². The number of non-ortho nitro benzene ring substituents is 1. The molecule has 0 atom stereocenters. The maximum absolute atomic E-state index is 10.8. The number of nitro benzene ring substituents is 1. The second kappa shape index (κ2) is 8.61. The fraction of sp³-hybridized carbons (Fsp3) is 0.111. The number of rotatable bonds is 8. The Morgan fingerprint density at radius 2 is 1.86 bits per heavy atom. The number of nitrogens with one attached hydrogen (secondary N) is 1. The van der Waals surface area contributed by atoms with Gasteiger partial charge in [0.2, 0.25) is 0 Å². The lowest BCUT2D eigenvalue weighted by atomic mass is 10.1. The molecular weight excluding hydrogens is 380 g/mol. The molecule has 11 nitrogen and oxygen atoms in total. The number of hydrazone groups is 1. The molecule has 1 N–H and O–H groups in total. The summed E-state index contributed by atoms with van der Waals surface area (Å²) in [5.41, 5.74) is 4.84. The molecule has 0 spiro atoms. The molecule has 1 aromatic heterocycles. The van der Waals surface area contributed by atoms with E-state index in [1.165, 1.54) is 36.3 Å². The van der Waals surface area contributed by atoms with Gasteiger partial charge in [0, 0.05) is 17.7 Å². The van der Waals surface area contributed by atoms with Crippen LogP contribution in [-0.2, 0) is 6.54 Å². The Balaban J connectivity index is 1.72. The SMILES string of the molecule is COc1ccc(/C=N/Nc2ccc([N+](=O)[O-])cc2)cc1Cn1cc([N+](=O)[O-])cn1. The third-order valence-corrected chi connectivity index (χ3v) is 3.95. The lowest BCUT2D eigenvalue weighted by molar-refractivity contribution is -0.385. The Kier molecular flexibility index (Phi) is 5.78. The first kappa shape index (κ1) is 19.5. The highest BCUT2D eigenvalue weighted by molar-refractivity contribution is 5.81. The summed E-state index contributed by atoms with van der Waals surface area (Å²) in [6.07, 6.45) is 4.11. The van der Waals surface area contributed by atoms with E-state index in [0.717, 1.165) is 11.1 Å². The maximum Gasteiger partial charge on any atom is 0.307 e. The quantitative estimate of drug-likeness (QED) is 0.350. The van der Waals surface area contributed by atoms with Crippen molar-refractivity contribution in [2.45, 2.75) is 6.54 Å². The first-order valence-corrected chi connectivity index (χ1v) is 8.33. The van der Waals surface area contributed by atoms with Crippen molar-refractivity contribution in [2.24, 2.45) is 5.10 Å². The van der Waals surface area contributed by atoms with Gasteiger partial charge in [0.1, 0.15) is 18.1 Å². The summed E-state index contributed by atoms with van der Waals surface area (Å²) < 4.78 is 6.79. The molecule has 0 amide bonds. The molecule has 0 aliphatic heterocycles. The summed E-state index contributed by atoms with van der Waals surface area (Å²) in [6.45, 7) is 0.286.